The number of ether oxygens (including phenoxy) is 2. The predicted molar refractivity (Wildman–Crippen MR) is 119 cm³/mol. The molecule has 2 saturated heterocycles. The first-order valence-corrected chi connectivity index (χ1v) is 12.2. The van der Waals surface area contributed by atoms with Gasteiger partial charge in [0, 0.05) is 45.5 Å². The molecule has 4 rings (SSSR count). The second-order valence-electron chi connectivity index (χ2n) is 7.68. The topological polar surface area (TPSA) is 109 Å². The largest absolute Gasteiger partial charge is 0.452 e. The van der Waals surface area contributed by atoms with E-state index in [-0.39, 0.29) is 29.5 Å². The SMILES string of the molecule is O=C(OCC(=O)N1CCN(c2ccccn2)CC1)c1cccc(S(=O)(=O)N2CCOCC2)c1. The number of rotatable bonds is 6. The number of hydrogen-bond donors (Lipinski definition) is 0. The number of aromatic nitrogens is 1. The highest BCUT2D eigenvalue weighted by Gasteiger charge is 2.27. The summed E-state index contributed by atoms with van der Waals surface area (Å²) in [6, 6.07) is 11.4. The fraction of sp³-hybridized carbons (Fsp3) is 0.409. The number of sulfonamides is 1. The number of carbonyl (C=O) groups is 2. The number of nitrogens with zero attached hydrogens (tertiary/aromatic N) is 4. The second kappa shape index (κ2) is 10.3. The van der Waals surface area contributed by atoms with Crippen LogP contribution >= 0.6 is 0 Å². The molecule has 33 heavy (non-hydrogen) atoms. The van der Waals surface area contributed by atoms with Crippen molar-refractivity contribution in [2.45, 2.75) is 4.90 Å². The molecule has 1 aromatic carbocycles. The van der Waals surface area contributed by atoms with Crippen LogP contribution in [0.1, 0.15) is 10.4 Å². The van der Waals surface area contributed by atoms with Gasteiger partial charge in [0.1, 0.15) is 5.82 Å². The molecular weight excluding hydrogens is 448 g/mol. The van der Waals surface area contributed by atoms with Gasteiger partial charge in [-0.1, -0.05) is 12.1 Å². The van der Waals surface area contributed by atoms with Gasteiger partial charge in [0.25, 0.3) is 5.91 Å². The van der Waals surface area contributed by atoms with E-state index in [0.717, 1.165) is 5.82 Å². The molecule has 2 fully saturated rings. The third kappa shape index (κ3) is 5.49. The molecule has 0 unspecified atom stereocenters. The Morgan fingerprint density at radius 3 is 2.42 bits per heavy atom. The van der Waals surface area contributed by atoms with Crippen molar-refractivity contribution in [3.63, 3.8) is 0 Å². The van der Waals surface area contributed by atoms with Crippen molar-refractivity contribution in [3.05, 3.63) is 54.2 Å². The third-order valence-corrected chi connectivity index (χ3v) is 7.50. The van der Waals surface area contributed by atoms with Crippen LogP contribution in [0.3, 0.4) is 0 Å². The van der Waals surface area contributed by atoms with Gasteiger partial charge in [-0.25, -0.2) is 18.2 Å². The number of esters is 1. The maximum atomic E-state index is 12.8. The molecule has 11 heteroatoms. The van der Waals surface area contributed by atoms with Gasteiger partial charge in [0.05, 0.1) is 23.7 Å². The van der Waals surface area contributed by atoms with Crippen LogP contribution in [0.2, 0.25) is 0 Å². The molecule has 0 atom stereocenters. The van der Waals surface area contributed by atoms with Crippen molar-refractivity contribution in [3.8, 4) is 0 Å². The molecule has 2 aliphatic heterocycles. The fourth-order valence-electron chi connectivity index (χ4n) is 3.75. The van der Waals surface area contributed by atoms with Gasteiger partial charge in [-0.15, -0.1) is 0 Å². The molecule has 0 spiro atoms. The van der Waals surface area contributed by atoms with Gasteiger partial charge in [-0.3, -0.25) is 4.79 Å². The number of benzene rings is 1. The lowest BCUT2D eigenvalue weighted by atomic mass is 10.2. The summed E-state index contributed by atoms with van der Waals surface area (Å²) in [7, 11) is -3.73. The van der Waals surface area contributed by atoms with Crippen LogP contribution in [0.5, 0.6) is 0 Å². The molecule has 1 aromatic heterocycles. The summed E-state index contributed by atoms with van der Waals surface area (Å²) >= 11 is 0. The summed E-state index contributed by atoms with van der Waals surface area (Å²) in [5.41, 5.74) is 0.0807. The molecule has 0 radical (unpaired) electrons. The first-order chi connectivity index (χ1) is 15.9. The zero-order chi connectivity index (χ0) is 23.3. The Hall–Kier alpha value is -3.02. The van der Waals surface area contributed by atoms with Gasteiger partial charge in [-0.2, -0.15) is 4.31 Å². The van der Waals surface area contributed by atoms with E-state index in [1.807, 2.05) is 18.2 Å². The lowest BCUT2D eigenvalue weighted by Gasteiger charge is -2.35. The van der Waals surface area contributed by atoms with E-state index < -0.39 is 22.6 Å². The van der Waals surface area contributed by atoms with Crippen molar-refractivity contribution < 1.29 is 27.5 Å². The maximum Gasteiger partial charge on any atom is 0.338 e. The van der Waals surface area contributed by atoms with Crippen LogP contribution in [0.15, 0.2) is 53.6 Å². The normalized spacial score (nSPS) is 17.6. The van der Waals surface area contributed by atoms with Crippen LogP contribution in [0.25, 0.3) is 0 Å². The van der Waals surface area contributed by atoms with Crippen LogP contribution in [-0.2, 0) is 24.3 Å². The van der Waals surface area contributed by atoms with Gasteiger partial charge >= 0.3 is 5.97 Å². The van der Waals surface area contributed by atoms with Crippen molar-refractivity contribution >= 4 is 27.7 Å². The molecule has 0 bridgehead atoms. The van der Waals surface area contributed by atoms with Gasteiger partial charge < -0.3 is 19.3 Å². The number of piperazine rings is 1. The minimum Gasteiger partial charge on any atom is -0.452 e. The molecule has 176 valence electrons. The van der Waals surface area contributed by atoms with Gasteiger partial charge in [-0.05, 0) is 30.3 Å². The van der Waals surface area contributed by atoms with E-state index in [2.05, 4.69) is 9.88 Å². The molecular formula is C22H26N4O6S. The molecule has 1 amide bonds. The quantitative estimate of drug-likeness (QED) is 0.560. The molecule has 2 aromatic rings. The van der Waals surface area contributed by atoms with Crippen molar-refractivity contribution in [1.29, 1.82) is 0 Å². The Morgan fingerprint density at radius 2 is 1.73 bits per heavy atom. The van der Waals surface area contributed by atoms with Crippen LogP contribution < -0.4 is 4.90 Å². The van der Waals surface area contributed by atoms with Crippen LogP contribution in [0.4, 0.5) is 5.82 Å². The molecule has 3 heterocycles. The molecule has 10 nitrogen and oxygen atoms in total. The molecule has 0 aliphatic carbocycles. The van der Waals surface area contributed by atoms with E-state index in [9.17, 15) is 18.0 Å². The van der Waals surface area contributed by atoms with Crippen LogP contribution in [-0.4, -0.2) is 93.6 Å². The van der Waals surface area contributed by atoms with Crippen LogP contribution in [0, 0.1) is 0 Å². The maximum absolute atomic E-state index is 12.8. The average molecular weight is 475 g/mol. The number of morpholine rings is 1. The third-order valence-electron chi connectivity index (χ3n) is 5.61. The highest BCUT2D eigenvalue weighted by atomic mass is 32.2. The van der Waals surface area contributed by atoms with E-state index in [0.29, 0.717) is 39.4 Å². The molecule has 2 aliphatic rings. The minimum absolute atomic E-state index is 0.0100. The van der Waals surface area contributed by atoms with E-state index in [4.69, 9.17) is 9.47 Å². The van der Waals surface area contributed by atoms with Gasteiger partial charge in [0.2, 0.25) is 10.0 Å². The standard InChI is InChI=1S/C22H26N4O6S/c27-21(25-10-8-24(9-11-25)20-6-1-2-7-23-20)17-32-22(28)18-4-3-5-19(16-18)33(29,30)26-12-14-31-15-13-26/h1-7,16H,8-15,17H2. The van der Waals surface area contributed by atoms with Gasteiger partial charge in [0.15, 0.2) is 6.61 Å². The Morgan fingerprint density at radius 1 is 0.970 bits per heavy atom. The molecule has 0 N–H and O–H groups in total. The molecule has 0 saturated carbocycles. The summed E-state index contributed by atoms with van der Waals surface area (Å²) in [4.78, 5) is 33.1. The van der Waals surface area contributed by atoms with E-state index in [1.165, 1.54) is 28.6 Å². The monoisotopic (exact) mass is 474 g/mol. The average Bonchev–Trinajstić information content (AvgIpc) is 2.88. The number of hydrogen-bond acceptors (Lipinski definition) is 8. The number of pyridine rings is 1. The van der Waals surface area contributed by atoms with Crippen molar-refractivity contribution in [2.24, 2.45) is 0 Å². The lowest BCUT2D eigenvalue weighted by molar-refractivity contribution is -0.134. The Balaban J connectivity index is 1.31. The Kier molecular flexibility index (Phi) is 7.21. The minimum atomic E-state index is -3.73. The zero-order valence-corrected chi connectivity index (χ0v) is 18.9. The van der Waals surface area contributed by atoms with Crippen molar-refractivity contribution in [1.82, 2.24) is 14.2 Å². The Labute approximate surface area is 192 Å². The Bertz CT molecular complexity index is 1080. The highest BCUT2D eigenvalue weighted by Crippen LogP contribution is 2.19. The fourth-order valence-corrected chi connectivity index (χ4v) is 5.20. The summed E-state index contributed by atoms with van der Waals surface area (Å²) < 4.78 is 37.3. The summed E-state index contributed by atoms with van der Waals surface area (Å²) in [5, 5.41) is 0. The number of amides is 1. The first-order valence-electron chi connectivity index (χ1n) is 10.7. The summed E-state index contributed by atoms with van der Waals surface area (Å²) in [5.74, 6) is -0.168. The smallest absolute Gasteiger partial charge is 0.338 e. The number of anilines is 1. The second-order valence-corrected chi connectivity index (χ2v) is 9.61. The van der Waals surface area contributed by atoms with E-state index in [1.54, 1.807) is 11.1 Å². The number of carbonyl (C=O) groups excluding carboxylic acids is 2. The van der Waals surface area contributed by atoms with Crippen molar-refractivity contribution in [2.75, 3.05) is 64.0 Å². The summed E-state index contributed by atoms with van der Waals surface area (Å²) in [6.07, 6.45) is 1.73. The zero-order valence-electron chi connectivity index (χ0n) is 18.1. The summed E-state index contributed by atoms with van der Waals surface area (Å²) in [6.45, 7) is 3.07. The highest BCUT2D eigenvalue weighted by molar-refractivity contribution is 7.89. The lowest BCUT2D eigenvalue weighted by Crippen LogP contribution is -2.50. The predicted octanol–water partition coefficient (Wildman–Crippen LogP) is 0.608. The van der Waals surface area contributed by atoms with E-state index >= 15 is 0 Å². The first kappa shape index (κ1) is 23.1.